The van der Waals surface area contributed by atoms with Crippen molar-refractivity contribution in [2.24, 2.45) is 0 Å². The van der Waals surface area contributed by atoms with Gasteiger partial charge in [0.05, 0.1) is 11.2 Å². The molecular weight excluding hydrogens is 310 g/mol. The summed E-state index contributed by atoms with van der Waals surface area (Å²) in [5, 5.41) is 1.13. The third-order valence-corrected chi connectivity index (χ3v) is 5.42. The summed E-state index contributed by atoms with van der Waals surface area (Å²) in [5.41, 5.74) is 6.00. The van der Waals surface area contributed by atoms with Crippen molar-refractivity contribution in [3.05, 3.63) is 52.9 Å². The first-order valence-corrected chi connectivity index (χ1v) is 9.00. The van der Waals surface area contributed by atoms with E-state index < -0.39 is 0 Å². The summed E-state index contributed by atoms with van der Waals surface area (Å²) in [5.74, 6) is 2.68. The maximum Gasteiger partial charge on any atom is 0.140 e. The van der Waals surface area contributed by atoms with Crippen molar-refractivity contribution in [3.8, 4) is 0 Å². The Kier molecular flexibility index (Phi) is 3.23. The van der Waals surface area contributed by atoms with Crippen LogP contribution in [0.3, 0.4) is 0 Å². The average Bonchev–Trinajstić information content (AvgIpc) is 3.46. The highest BCUT2D eigenvalue weighted by molar-refractivity contribution is 5.90. The van der Waals surface area contributed by atoms with E-state index in [0.29, 0.717) is 5.92 Å². The van der Waals surface area contributed by atoms with Crippen LogP contribution in [-0.2, 0) is 13.0 Å². The molecule has 1 fully saturated rings. The van der Waals surface area contributed by atoms with E-state index in [2.05, 4.69) is 45.8 Å². The maximum atomic E-state index is 4.82. The van der Waals surface area contributed by atoms with Crippen molar-refractivity contribution < 1.29 is 0 Å². The normalized spacial score (nSPS) is 17.0. The van der Waals surface area contributed by atoms with Crippen LogP contribution in [0.15, 0.2) is 24.7 Å². The molecule has 2 aliphatic rings. The van der Waals surface area contributed by atoms with E-state index in [-0.39, 0.29) is 0 Å². The first-order chi connectivity index (χ1) is 12.2. The molecule has 1 aliphatic heterocycles. The first kappa shape index (κ1) is 14.8. The molecule has 5 heteroatoms. The van der Waals surface area contributed by atoms with Crippen molar-refractivity contribution in [2.75, 3.05) is 11.4 Å². The van der Waals surface area contributed by atoms with E-state index in [4.69, 9.17) is 4.98 Å². The topological polar surface area (TPSA) is 54.8 Å². The minimum absolute atomic E-state index is 0.611. The van der Waals surface area contributed by atoms with E-state index in [1.54, 1.807) is 6.33 Å². The second kappa shape index (κ2) is 5.48. The molecule has 3 aromatic rings. The van der Waals surface area contributed by atoms with Crippen LogP contribution in [0.2, 0.25) is 0 Å². The Balaban J connectivity index is 1.52. The number of fused-ring (bicyclic) bond motifs is 2. The lowest BCUT2D eigenvalue weighted by Crippen LogP contribution is -2.32. The van der Waals surface area contributed by atoms with Gasteiger partial charge in [0, 0.05) is 42.6 Å². The fourth-order valence-corrected chi connectivity index (χ4v) is 3.60. The number of aromatic nitrogens is 4. The van der Waals surface area contributed by atoms with Gasteiger partial charge in [-0.1, -0.05) is 0 Å². The van der Waals surface area contributed by atoms with Gasteiger partial charge in [0.15, 0.2) is 0 Å². The lowest BCUT2D eigenvalue weighted by Gasteiger charge is -2.30. The highest BCUT2D eigenvalue weighted by Gasteiger charge is 2.28. The second-order valence-electron chi connectivity index (χ2n) is 7.30. The number of hydrogen-bond acceptors (Lipinski definition) is 5. The number of benzene rings is 1. The Morgan fingerprint density at radius 2 is 1.88 bits per heavy atom. The van der Waals surface area contributed by atoms with Crippen LogP contribution < -0.4 is 4.90 Å². The molecular formula is C20H21N5. The molecule has 0 amide bonds. The maximum absolute atomic E-state index is 4.82. The molecule has 0 atom stereocenters. The van der Waals surface area contributed by atoms with Gasteiger partial charge in [-0.3, -0.25) is 0 Å². The van der Waals surface area contributed by atoms with Gasteiger partial charge in [-0.05, 0) is 49.9 Å². The van der Waals surface area contributed by atoms with Crippen LogP contribution in [-0.4, -0.2) is 26.5 Å². The zero-order valence-electron chi connectivity index (χ0n) is 14.7. The van der Waals surface area contributed by atoms with Crippen molar-refractivity contribution in [1.29, 1.82) is 0 Å². The molecule has 0 unspecified atom stereocenters. The number of aryl methyl sites for hydroxylation is 2. The summed E-state index contributed by atoms with van der Waals surface area (Å²) in [4.78, 5) is 20.8. The number of rotatable bonds is 2. The van der Waals surface area contributed by atoms with Crippen LogP contribution in [0.25, 0.3) is 10.9 Å². The van der Waals surface area contributed by atoms with E-state index in [1.807, 2.05) is 6.20 Å². The Hall–Kier alpha value is -2.56. The summed E-state index contributed by atoms with van der Waals surface area (Å²) in [6, 6.07) is 4.36. The SMILES string of the molecule is Cc1cc2ncnc(N3CCc4nc(C5CC5)ncc4C3)c2cc1C. The zero-order chi connectivity index (χ0) is 17.0. The quantitative estimate of drug-likeness (QED) is 0.719. The number of hydrogen-bond donors (Lipinski definition) is 0. The zero-order valence-corrected chi connectivity index (χ0v) is 14.7. The minimum Gasteiger partial charge on any atom is -0.351 e. The molecule has 0 spiro atoms. The van der Waals surface area contributed by atoms with E-state index >= 15 is 0 Å². The van der Waals surface area contributed by atoms with Gasteiger partial charge in [0.2, 0.25) is 0 Å². The minimum atomic E-state index is 0.611. The molecule has 2 aromatic heterocycles. The largest absolute Gasteiger partial charge is 0.351 e. The second-order valence-corrected chi connectivity index (χ2v) is 7.30. The van der Waals surface area contributed by atoms with Gasteiger partial charge in [0.1, 0.15) is 18.0 Å². The Bertz CT molecular complexity index is 977. The van der Waals surface area contributed by atoms with Gasteiger partial charge >= 0.3 is 0 Å². The molecule has 0 saturated heterocycles. The summed E-state index contributed by atoms with van der Waals surface area (Å²) in [6.45, 7) is 6.03. The monoisotopic (exact) mass is 331 g/mol. The smallest absolute Gasteiger partial charge is 0.140 e. The van der Waals surface area contributed by atoms with Crippen molar-refractivity contribution in [3.63, 3.8) is 0 Å². The fraction of sp³-hybridized carbons (Fsp3) is 0.400. The Morgan fingerprint density at radius 1 is 1.04 bits per heavy atom. The van der Waals surface area contributed by atoms with Gasteiger partial charge in [0.25, 0.3) is 0 Å². The summed E-state index contributed by atoms with van der Waals surface area (Å²) >= 11 is 0. The third kappa shape index (κ3) is 2.54. The van der Waals surface area contributed by atoms with Crippen molar-refractivity contribution in [2.45, 2.75) is 45.6 Å². The predicted octanol–water partition coefficient (Wildman–Crippen LogP) is 3.48. The molecule has 1 saturated carbocycles. The lowest BCUT2D eigenvalue weighted by molar-refractivity contribution is 0.687. The molecule has 0 N–H and O–H groups in total. The molecule has 1 aliphatic carbocycles. The van der Waals surface area contributed by atoms with Crippen molar-refractivity contribution >= 4 is 16.7 Å². The Labute approximate surface area is 147 Å². The van der Waals surface area contributed by atoms with Gasteiger partial charge in [-0.25, -0.2) is 19.9 Å². The van der Waals surface area contributed by atoms with Gasteiger partial charge in [-0.15, -0.1) is 0 Å². The van der Waals surface area contributed by atoms with Crippen molar-refractivity contribution in [1.82, 2.24) is 19.9 Å². The van der Waals surface area contributed by atoms with Crippen LogP contribution in [0.1, 0.15) is 47.0 Å². The third-order valence-electron chi connectivity index (χ3n) is 5.42. The number of anilines is 1. The standard InChI is InChI=1S/C20H21N5/c1-12-7-16-18(8-13(12)2)22-11-23-20(16)25-6-5-17-15(10-25)9-21-19(24-17)14-3-4-14/h7-9,11,14H,3-6,10H2,1-2H3. The van der Waals surface area contributed by atoms with Crippen LogP contribution in [0.5, 0.6) is 0 Å². The average molecular weight is 331 g/mol. The molecule has 5 nitrogen and oxygen atoms in total. The van der Waals surface area contributed by atoms with Gasteiger partial charge < -0.3 is 4.90 Å². The molecule has 0 bridgehead atoms. The van der Waals surface area contributed by atoms with E-state index in [0.717, 1.165) is 42.1 Å². The summed E-state index contributed by atoms with van der Waals surface area (Å²) in [6.07, 6.45) is 7.15. The highest BCUT2D eigenvalue weighted by Crippen LogP contribution is 2.38. The molecule has 126 valence electrons. The number of nitrogens with zero attached hydrogens (tertiary/aromatic N) is 5. The van der Waals surface area contributed by atoms with Crippen LogP contribution in [0, 0.1) is 13.8 Å². The summed E-state index contributed by atoms with van der Waals surface area (Å²) in [7, 11) is 0. The molecule has 1 aromatic carbocycles. The van der Waals surface area contributed by atoms with Crippen LogP contribution >= 0.6 is 0 Å². The first-order valence-electron chi connectivity index (χ1n) is 9.00. The van der Waals surface area contributed by atoms with Crippen LogP contribution in [0.4, 0.5) is 5.82 Å². The predicted molar refractivity (Wildman–Crippen MR) is 97.8 cm³/mol. The molecule has 3 heterocycles. The lowest BCUT2D eigenvalue weighted by atomic mass is 10.0. The highest BCUT2D eigenvalue weighted by atomic mass is 15.2. The molecule has 25 heavy (non-hydrogen) atoms. The Morgan fingerprint density at radius 3 is 2.72 bits per heavy atom. The van der Waals surface area contributed by atoms with Gasteiger partial charge in [-0.2, -0.15) is 0 Å². The summed E-state index contributed by atoms with van der Waals surface area (Å²) < 4.78 is 0. The van der Waals surface area contributed by atoms with E-state index in [1.165, 1.54) is 35.2 Å². The fourth-order valence-electron chi connectivity index (χ4n) is 3.60. The van der Waals surface area contributed by atoms with E-state index in [9.17, 15) is 0 Å². The molecule has 5 rings (SSSR count). The molecule has 0 radical (unpaired) electrons.